The normalized spacial score (nSPS) is 11.3. The van der Waals surface area contributed by atoms with Crippen LogP contribution in [0, 0.1) is 0 Å². The molecule has 43 heavy (non-hydrogen) atoms. The number of para-hydroxylation sites is 1. The van der Waals surface area contributed by atoms with Crippen molar-refractivity contribution in [1.29, 1.82) is 0 Å². The number of pyridine rings is 1. The van der Waals surface area contributed by atoms with Crippen molar-refractivity contribution in [2.24, 2.45) is 0 Å². The fourth-order valence-corrected chi connectivity index (χ4v) is 5.50. The molecular weight excluding hydrogens is 528 g/mol. The monoisotopic (exact) mass is 552 g/mol. The fourth-order valence-electron chi connectivity index (χ4n) is 5.50. The molecule has 8 rings (SSSR count). The third-order valence-electron chi connectivity index (χ3n) is 7.57. The molecule has 0 aliphatic carbocycles. The molecule has 0 spiro atoms. The number of rotatable bonds is 5. The minimum atomic E-state index is 0.597. The first kappa shape index (κ1) is 24.8. The second kappa shape index (κ2) is 10.4. The van der Waals surface area contributed by atoms with E-state index < -0.39 is 0 Å². The van der Waals surface area contributed by atoms with Crippen molar-refractivity contribution in [3.8, 4) is 51.1 Å². The van der Waals surface area contributed by atoms with E-state index in [-0.39, 0.29) is 0 Å². The fraction of sp³-hybridized carbons (Fsp3) is 0. The number of hydrogen-bond donors (Lipinski definition) is 0. The molecule has 3 aromatic heterocycles. The number of aromatic nitrogens is 6. The van der Waals surface area contributed by atoms with Crippen LogP contribution in [0.4, 0.5) is 0 Å². The lowest BCUT2D eigenvalue weighted by Gasteiger charge is -2.09. The number of hydrogen-bond acceptors (Lipinski definition) is 5. The summed E-state index contributed by atoms with van der Waals surface area (Å²) in [6.45, 7) is 0. The molecular formula is C37H24N6. The third-order valence-corrected chi connectivity index (χ3v) is 7.57. The van der Waals surface area contributed by atoms with E-state index in [0.29, 0.717) is 17.5 Å². The predicted octanol–water partition coefficient (Wildman–Crippen LogP) is 8.43. The van der Waals surface area contributed by atoms with E-state index in [0.717, 1.165) is 49.9 Å². The molecule has 0 saturated heterocycles. The average Bonchev–Trinajstić information content (AvgIpc) is 3.50. The Bertz CT molecular complexity index is 2170. The van der Waals surface area contributed by atoms with Gasteiger partial charge in [0, 0.05) is 45.4 Å². The van der Waals surface area contributed by atoms with Gasteiger partial charge >= 0.3 is 0 Å². The topological polar surface area (TPSA) is 69.4 Å². The van der Waals surface area contributed by atoms with Gasteiger partial charge in [0.2, 0.25) is 0 Å². The van der Waals surface area contributed by atoms with Crippen LogP contribution in [0.3, 0.4) is 0 Å². The molecule has 0 radical (unpaired) electrons. The van der Waals surface area contributed by atoms with Gasteiger partial charge in [0.05, 0.1) is 11.2 Å². The lowest BCUT2D eigenvalue weighted by molar-refractivity contribution is 0.918. The molecule has 5 aromatic carbocycles. The van der Waals surface area contributed by atoms with Gasteiger partial charge in [0.15, 0.2) is 17.5 Å². The molecule has 0 bridgehead atoms. The van der Waals surface area contributed by atoms with Gasteiger partial charge in [-0.3, -0.25) is 4.98 Å². The Labute approximate surface area is 248 Å². The van der Waals surface area contributed by atoms with Crippen molar-refractivity contribution in [3.63, 3.8) is 0 Å². The van der Waals surface area contributed by atoms with Crippen molar-refractivity contribution >= 4 is 21.7 Å². The van der Waals surface area contributed by atoms with Crippen molar-refractivity contribution in [3.05, 3.63) is 146 Å². The Morgan fingerprint density at radius 1 is 0.442 bits per heavy atom. The highest BCUT2D eigenvalue weighted by Crippen LogP contribution is 2.36. The van der Waals surface area contributed by atoms with E-state index in [1.165, 1.54) is 5.39 Å². The molecule has 6 heteroatoms. The first-order valence-electron chi connectivity index (χ1n) is 14.1. The van der Waals surface area contributed by atoms with Gasteiger partial charge in [-0.1, -0.05) is 97.1 Å². The van der Waals surface area contributed by atoms with E-state index >= 15 is 0 Å². The molecule has 202 valence electrons. The maximum Gasteiger partial charge on any atom is 0.164 e. The lowest BCUT2D eigenvalue weighted by Crippen LogP contribution is -2.00. The van der Waals surface area contributed by atoms with Crippen LogP contribution in [0.5, 0.6) is 0 Å². The summed E-state index contributed by atoms with van der Waals surface area (Å²) < 4.78 is 2.05. The largest absolute Gasteiger partial charge is 0.265 e. The summed E-state index contributed by atoms with van der Waals surface area (Å²) in [5.41, 5.74) is 6.67. The Morgan fingerprint density at radius 3 is 1.81 bits per heavy atom. The smallest absolute Gasteiger partial charge is 0.164 e. The highest BCUT2D eigenvalue weighted by molar-refractivity contribution is 6.10. The summed E-state index contributed by atoms with van der Waals surface area (Å²) in [4.78, 5) is 18.8. The zero-order valence-corrected chi connectivity index (χ0v) is 23.0. The van der Waals surface area contributed by atoms with Crippen LogP contribution >= 0.6 is 0 Å². The number of benzene rings is 5. The van der Waals surface area contributed by atoms with E-state index in [9.17, 15) is 0 Å². The molecule has 0 N–H and O–H groups in total. The van der Waals surface area contributed by atoms with E-state index in [2.05, 4.69) is 70.3 Å². The molecule has 6 nitrogen and oxygen atoms in total. The van der Waals surface area contributed by atoms with Crippen LogP contribution in [0.25, 0.3) is 72.8 Å². The Hall–Kier alpha value is -6.01. The van der Waals surface area contributed by atoms with Gasteiger partial charge < -0.3 is 0 Å². The number of fused-ring (bicyclic) bond motifs is 3. The average molecular weight is 553 g/mol. The Kier molecular flexibility index (Phi) is 6.01. The highest BCUT2D eigenvalue weighted by atomic mass is 15.3. The van der Waals surface area contributed by atoms with Gasteiger partial charge in [-0.2, -0.15) is 5.10 Å². The molecule has 0 fully saturated rings. The third kappa shape index (κ3) is 4.51. The molecule has 0 amide bonds. The van der Waals surface area contributed by atoms with E-state index in [1.54, 1.807) is 12.4 Å². The maximum atomic E-state index is 5.20. The van der Waals surface area contributed by atoms with Crippen LogP contribution in [0.15, 0.2) is 146 Å². The second-order valence-corrected chi connectivity index (χ2v) is 10.3. The van der Waals surface area contributed by atoms with Gasteiger partial charge in [-0.05, 0) is 41.8 Å². The van der Waals surface area contributed by atoms with Crippen LogP contribution in [-0.2, 0) is 0 Å². The molecule has 0 atom stereocenters. The van der Waals surface area contributed by atoms with Crippen LogP contribution < -0.4 is 0 Å². The summed E-state index contributed by atoms with van der Waals surface area (Å²) in [7, 11) is 0. The molecule has 3 heterocycles. The zero-order valence-electron chi connectivity index (χ0n) is 23.0. The molecule has 0 aliphatic rings. The highest BCUT2D eigenvalue weighted by Gasteiger charge is 2.18. The van der Waals surface area contributed by atoms with Crippen molar-refractivity contribution < 1.29 is 0 Å². The van der Waals surface area contributed by atoms with Gasteiger partial charge in [0.25, 0.3) is 0 Å². The lowest BCUT2D eigenvalue weighted by atomic mass is 10.0. The second-order valence-electron chi connectivity index (χ2n) is 10.3. The van der Waals surface area contributed by atoms with Crippen LogP contribution in [-0.4, -0.2) is 29.7 Å². The van der Waals surface area contributed by atoms with Gasteiger partial charge in [-0.25, -0.2) is 19.6 Å². The van der Waals surface area contributed by atoms with Crippen LogP contribution in [0.1, 0.15) is 0 Å². The molecule has 8 aromatic rings. The minimum absolute atomic E-state index is 0.597. The van der Waals surface area contributed by atoms with Crippen molar-refractivity contribution in [2.75, 3.05) is 0 Å². The van der Waals surface area contributed by atoms with Crippen LogP contribution in [0.2, 0.25) is 0 Å². The van der Waals surface area contributed by atoms with E-state index in [1.807, 2.05) is 72.8 Å². The maximum absolute atomic E-state index is 5.20. The standard InChI is InChI=1S/C37H24N6/c1-3-11-26(12-4-1)35-39-36(27-20-22-38-23-21-27)41-37(40-35)29-14-9-13-28(24-29)33-32-19-18-25-10-7-8-17-31(25)34(32)43(42-33)30-15-5-2-6-16-30/h1-24H. The number of nitrogens with zero attached hydrogens (tertiary/aromatic N) is 6. The van der Waals surface area contributed by atoms with Gasteiger partial charge in [0.1, 0.15) is 5.69 Å². The Morgan fingerprint density at radius 2 is 1.05 bits per heavy atom. The molecule has 0 unspecified atom stereocenters. The Balaban J connectivity index is 1.32. The summed E-state index contributed by atoms with van der Waals surface area (Å²) in [6, 6.07) is 45.2. The summed E-state index contributed by atoms with van der Waals surface area (Å²) in [5.74, 6) is 1.81. The first-order chi connectivity index (χ1) is 21.3. The van der Waals surface area contributed by atoms with Crippen molar-refractivity contribution in [2.45, 2.75) is 0 Å². The first-order valence-corrected chi connectivity index (χ1v) is 14.1. The predicted molar refractivity (Wildman–Crippen MR) is 171 cm³/mol. The van der Waals surface area contributed by atoms with Gasteiger partial charge in [-0.15, -0.1) is 0 Å². The minimum Gasteiger partial charge on any atom is -0.265 e. The molecule has 0 saturated carbocycles. The zero-order chi connectivity index (χ0) is 28.6. The SMILES string of the molecule is c1ccc(-c2nc(-c3ccncc3)nc(-c3cccc(-c4nn(-c5ccccc5)c5c4ccc4ccccc45)c3)n2)cc1. The summed E-state index contributed by atoms with van der Waals surface area (Å²) in [6.07, 6.45) is 3.50. The summed E-state index contributed by atoms with van der Waals surface area (Å²) in [5, 5.41) is 8.62. The summed E-state index contributed by atoms with van der Waals surface area (Å²) >= 11 is 0. The van der Waals surface area contributed by atoms with Crippen molar-refractivity contribution in [1.82, 2.24) is 29.7 Å². The van der Waals surface area contributed by atoms with E-state index in [4.69, 9.17) is 20.1 Å². The quantitative estimate of drug-likeness (QED) is 0.214. The molecule has 0 aliphatic heterocycles.